The van der Waals surface area contributed by atoms with Gasteiger partial charge in [-0.25, -0.2) is 0 Å². The number of hydrogen-bond donors (Lipinski definition) is 0. The molecule has 2 heteroatoms. The van der Waals surface area contributed by atoms with Crippen molar-refractivity contribution >= 4 is 31.9 Å². The van der Waals surface area contributed by atoms with Crippen LogP contribution >= 0.6 is 31.9 Å². The van der Waals surface area contributed by atoms with Crippen molar-refractivity contribution in [2.45, 2.75) is 14.9 Å². The fourth-order valence-corrected chi connectivity index (χ4v) is 0. The molecule has 0 aromatic carbocycles. The molecule has 0 spiro atoms. The fourth-order valence-electron chi connectivity index (χ4n) is 0. The number of halogens is 2. The van der Waals surface area contributed by atoms with Gasteiger partial charge in [-0.05, 0) is 11.7 Å². The molecule has 0 saturated carbocycles. The Kier molecular flexibility index (Phi) is 748. The predicted molar refractivity (Wildman–Crippen MR) is 43.2 cm³/mol. The van der Waals surface area contributed by atoms with Crippen LogP contribution in [0.3, 0.4) is 0 Å². The van der Waals surface area contributed by atoms with Crippen LogP contribution < -0.4 is 0 Å². The lowest BCUT2D eigenvalue weighted by molar-refractivity contribution is 2.50. The van der Waals surface area contributed by atoms with Crippen molar-refractivity contribution in [3.05, 3.63) is 0 Å². The van der Waals surface area contributed by atoms with Gasteiger partial charge in [0.2, 0.25) is 0 Å². The summed E-state index contributed by atoms with van der Waals surface area (Å²) in [7, 11) is 0. The van der Waals surface area contributed by atoms with Crippen LogP contribution in [-0.4, -0.2) is 11.7 Å². The van der Waals surface area contributed by atoms with Gasteiger partial charge in [-0.15, -0.1) is 0 Å². The van der Waals surface area contributed by atoms with E-state index in [4.69, 9.17) is 0 Å². The molecule has 0 bridgehead atoms. The Hall–Kier alpha value is 0.960. The molecule has 0 atom stereocenters. The molecular formula is C4H14Br2. The molecule has 0 aromatic rings. The average molecular weight is 222 g/mol. The van der Waals surface area contributed by atoms with Crippen molar-refractivity contribution in [2.24, 2.45) is 0 Å². The zero-order chi connectivity index (χ0) is 4.00. The zero-order valence-corrected chi connectivity index (χ0v) is 5.93. The molecule has 44 valence electrons. The average Bonchev–Trinajstić information content (AvgIpc) is 1.50. The molecule has 0 unspecified atom stereocenters. The third-order valence-corrected chi connectivity index (χ3v) is 0. The van der Waals surface area contributed by atoms with E-state index in [2.05, 4.69) is 31.9 Å². The van der Waals surface area contributed by atoms with E-state index in [-0.39, 0.29) is 14.9 Å². The molecular weight excluding hydrogens is 208 g/mol. The topological polar surface area (TPSA) is 0 Å². The van der Waals surface area contributed by atoms with Gasteiger partial charge in [-0.3, -0.25) is 0 Å². The van der Waals surface area contributed by atoms with Gasteiger partial charge in [0.25, 0.3) is 0 Å². The van der Waals surface area contributed by atoms with Crippen LogP contribution in [0.15, 0.2) is 0 Å². The highest BCUT2D eigenvalue weighted by atomic mass is 79.9. The minimum Gasteiger partial charge on any atom is -0.0966 e. The Labute approximate surface area is 58.6 Å². The van der Waals surface area contributed by atoms with E-state index in [1.807, 2.05) is 11.7 Å². The van der Waals surface area contributed by atoms with Crippen LogP contribution in [0.5, 0.6) is 0 Å². The van der Waals surface area contributed by atoms with Gasteiger partial charge in [0.15, 0.2) is 0 Å². The van der Waals surface area contributed by atoms with Crippen molar-refractivity contribution in [3.8, 4) is 0 Å². The van der Waals surface area contributed by atoms with Crippen LogP contribution in [-0.2, 0) is 0 Å². The predicted octanol–water partition coefficient (Wildman–Crippen LogP) is 3.29. The summed E-state index contributed by atoms with van der Waals surface area (Å²) in [5.41, 5.74) is 0. The smallest absolute Gasteiger partial charge is 0.00848 e. The Bertz CT molecular complexity index is 5.51. The van der Waals surface area contributed by atoms with Gasteiger partial charge in [0, 0.05) is 0 Å². The fraction of sp³-hybridized carbons (Fsp3) is 1.00. The molecule has 0 aliphatic rings. The maximum absolute atomic E-state index is 2.94. The minimum atomic E-state index is 0. The highest BCUT2D eigenvalue weighted by molar-refractivity contribution is 9.09. The Morgan fingerprint density at radius 1 is 0.667 bits per heavy atom. The first-order valence-electron chi connectivity index (χ1n) is 0.756. The van der Waals surface area contributed by atoms with Crippen LogP contribution in [0.2, 0.25) is 0 Å². The maximum atomic E-state index is 2.94. The van der Waals surface area contributed by atoms with Gasteiger partial charge in [0.05, 0.1) is 0 Å². The van der Waals surface area contributed by atoms with Crippen molar-refractivity contribution in [2.75, 3.05) is 11.7 Å². The second-order valence-corrected chi connectivity index (χ2v) is 0. The number of rotatable bonds is 0. The first-order chi connectivity index (χ1) is 2.00. The van der Waals surface area contributed by atoms with E-state index in [0.29, 0.717) is 0 Å². The molecule has 0 amide bonds. The zero-order valence-electron chi connectivity index (χ0n) is 2.76. The quantitative estimate of drug-likeness (QED) is 0.551. The largest absolute Gasteiger partial charge is 0.0966 e. The van der Waals surface area contributed by atoms with E-state index in [9.17, 15) is 0 Å². The van der Waals surface area contributed by atoms with Gasteiger partial charge in [-0.2, -0.15) is 0 Å². The Morgan fingerprint density at radius 3 is 0.667 bits per heavy atom. The number of hydrogen-bond acceptors (Lipinski definition) is 0. The molecule has 0 nitrogen and oxygen atoms in total. The van der Waals surface area contributed by atoms with Crippen LogP contribution in [0.1, 0.15) is 14.9 Å². The van der Waals surface area contributed by atoms with E-state index in [1.165, 1.54) is 0 Å². The molecule has 0 aromatic heterocycles. The standard InChI is InChI=1S/2CH3Br.2CH4/c2*1-2;;/h2*1H3;2*1H4. The van der Waals surface area contributed by atoms with Crippen molar-refractivity contribution in [1.29, 1.82) is 0 Å². The third-order valence-electron chi connectivity index (χ3n) is 0. The lowest BCUT2D eigenvalue weighted by atomic mass is 12.0. The lowest BCUT2D eigenvalue weighted by Gasteiger charge is -1.05. The molecule has 0 fully saturated rings. The van der Waals surface area contributed by atoms with Gasteiger partial charge >= 0.3 is 0 Å². The molecule has 0 heterocycles. The first kappa shape index (κ1) is 28.2. The molecule has 0 rings (SSSR count). The Balaban J connectivity index is -0.00000000500. The summed E-state index contributed by atoms with van der Waals surface area (Å²) in [5, 5.41) is 0. The van der Waals surface area contributed by atoms with E-state index in [1.54, 1.807) is 0 Å². The van der Waals surface area contributed by atoms with Crippen LogP contribution in [0.4, 0.5) is 0 Å². The van der Waals surface area contributed by atoms with Crippen LogP contribution in [0.25, 0.3) is 0 Å². The second kappa shape index (κ2) is 159. The van der Waals surface area contributed by atoms with Crippen molar-refractivity contribution in [1.82, 2.24) is 0 Å². The summed E-state index contributed by atoms with van der Waals surface area (Å²) in [6.45, 7) is 0. The summed E-state index contributed by atoms with van der Waals surface area (Å²) < 4.78 is 0. The highest BCUT2D eigenvalue weighted by Gasteiger charge is 0.950. The van der Waals surface area contributed by atoms with E-state index in [0.717, 1.165) is 0 Å². The summed E-state index contributed by atoms with van der Waals surface area (Å²) >= 11 is 5.88. The maximum Gasteiger partial charge on any atom is -0.00848 e. The Morgan fingerprint density at radius 2 is 0.667 bits per heavy atom. The molecule has 0 saturated heterocycles. The lowest BCUT2D eigenvalue weighted by Crippen LogP contribution is -0.808. The van der Waals surface area contributed by atoms with E-state index < -0.39 is 0 Å². The normalized spacial score (nSPS) is 2.00. The second-order valence-electron chi connectivity index (χ2n) is 0. The third kappa shape index (κ3) is 84.4. The molecule has 6 heavy (non-hydrogen) atoms. The summed E-state index contributed by atoms with van der Waals surface area (Å²) in [4.78, 5) is 0. The molecule has 0 radical (unpaired) electrons. The molecule has 0 aliphatic heterocycles. The number of alkyl halides is 2. The van der Waals surface area contributed by atoms with Gasteiger partial charge < -0.3 is 0 Å². The highest BCUT2D eigenvalue weighted by Crippen LogP contribution is 1.45. The van der Waals surface area contributed by atoms with Crippen LogP contribution in [0, 0.1) is 0 Å². The van der Waals surface area contributed by atoms with Crippen molar-refractivity contribution < 1.29 is 0 Å². The minimum absolute atomic E-state index is 0. The van der Waals surface area contributed by atoms with E-state index >= 15 is 0 Å². The SMILES string of the molecule is C.C.CBr.CBr. The summed E-state index contributed by atoms with van der Waals surface area (Å²) in [6, 6.07) is 0. The molecule has 0 aliphatic carbocycles. The monoisotopic (exact) mass is 220 g/mol. The van der Waals surface area contributed by atoms with Gasteiger partial charge in [-0.1, -0.05) is 46.7 Å². The molecule has 0 N–H and O–H groups in total. The van der Waals surface area contributed by atoms with Crippen molar-refractivity contribution in [3.63, 3.8) is 0 Å². The summed E-state index contributed by atoms with van der Waals surface area (Å²) in [5.74, 6) is 3.62. The summed E-state index contributed by atoms with van der Waals surface area (Å²) in [6.07, 6.45) is 0. The van der Waals surface area contributed by atoms with Gasteiger partial charge in [0.1, 0.15) is 0 Å². The first-order valence-corrected chi connectivity index (χ1v) is 3.93.